The number of rotatable bonds is 6. The van der Waals surface area contributed by atoms with Gasteiger partial charge in [0.2, 0.25) is 5.75 Å². The van der Waals surface area contributed by atoms with Crippen LogP contribution < -0.4 is 24.4 Å². The molecule has 27 heavy (non-hydrogen) atoms. The highest BCUT2D eigenvalue weighted by molar-refractivity contribution is 6.06. The molecule has 0 aliphatic carbocycles. The fourth-order valence-electron chi connectivity index (χ4n) is 3.26. The number of methoxy groups -OCH3 is 3. The van der Waals surface area contributed by atoms with E-state index in [0.29, 0.717) is 28.5 Å². The third kappa shape index (κ3) is 4.07. The van der Waals surface area contributed by atoms with E-state index in [4.69, 9.17) is 14.2 Å². The summed E-state index contributed by atoms with van der Waals surface area (Å²) in [5.74, 6) is 1.86. The van der Waals surface area contributed by atoms with Gasteiger partial charge in [0.25, 0.3) is 5.91 Å². The van der Waals surface area contributed by atoms with Gasteiger partial charge in [0.1, 0.15) is 0 Å². The lowest BCUT2D eigenvalue weighted by Gasteiger charge is -2.29. The van der Waals surface area contributed by atoms with E-state index >= 15 is 0 Å². The topological polar surface area (TPSA) is 72.9 Å². The predicted molar refractivity (Wildman–Crippen MR) is 104 cm³/mol. The first-order valence-electron chi connectivity index (χ1n) is 8.99. The molecular formula is C20H25N3O4. The van der Waals surface area contributed by atoms with Crippen LogP contribution in [0.15, 0.2) is 30.5 Å². The Kier molecular flexibility index (Phi) is 6.01. The van der Waals surface area contributed by atoms with E-state index in [1.165, 1.54) is 27.8 Å². The van der Waals surface area contributed by atoms with Crippen LogP contribution in [0.1, 0.15) is 29.6 Å². The van der Waals surface area contributed by atoms with Gasteiger partial charge in [-0.25, -0.2) is 4.98 Å². The van der Waals surface area contributed by atoms with Crippen LogP contribution in [0.2, 0.25) is 0 Å². The van der Waals surface area contributed by atoms with Gasteiger partial charge in [-0.1, -0.05) is 0 Å². The van der Waals surface area contributed by atoms with Crippen LogP contribution in [0.25, 0.3) is 0 Å². The molecule has 0 atom stereocenters. The molecule has 1 aliphatic rings. The highest BCUT2D eigenvalue weighted by Crippen LogP contribution is 2.38. The number of hydrogen-bond donors (Lipinski definition) is 1. The van der Waals surface area contributed by atoms with E-state index in [1.54, 1.807) is 18.3 Å². The van der Waals surface area contributed by atoms with Gasteiger partial charge in [0.05, 0.1) is 27.0 Å². The van der Waals surface area contributed by atoms with Crippen molar-refractivity contribution in [2.45, 2.75) is 19.3 Å². The molecule has 1 aromatic heterocycles. The normalized spacial score (nSPS) is 13.8. The summed E-state index contributed by atoms with van der Waals surface area (Å²) in [5.41, 5.74) is 1.11. The SMILES string of the molecule is COc1cc(C(=O)Nc2cccnc2N2CCCCC2)cc(OC)c1OC. The van der Waals surface area contributed by atoms with Crippen LogP contribution in [-0.4, -0.2) is 45.3 Å². The maximum atomic E-state index is 12.9. The number of benzene rings is 1. The van der Waals surface area contributed by atoms with Gasteiger partial charge < -0.3 is 24.4 Å². The first kappa shape index (κ1) is 18.8. The molecule has 3 rings (SSSR count). The summed E-state index contributed by atoms with van der Waals surface area (Å²) in [6.45, 7) is 1.90. The lowest BCUT2D eigenvalue weighted by Crippen LogP contribution is -2.31. The first-order valence-corrected chi connectivity index (χ1v) is 8.99. The molecule has 0 unspecified atom stereocenters. The zero-order valence-electron chi connectivity index (χ0n) is 15.9. The number of amides is 1. The van der Waals surface area contributed by atoms with E-state index in [0.717, 1.165) is 31.7 Å². The number of nitrogens with zero attached hydrogens (tertiary/aromatic N) is 2. The second kappa shape index (κ2) is 8.62. The zero-order valence-corrected chi connectivity index (χ0v) is 15.9. The summed E-state index contributed by atoms with van der Waals surface area (Å²) in [5, 5.41) is 2.97. The van der Waals surface area contributed by atoms with Crippen molar-refractivity contribution in [3.05, 3.63) is 36.0 Å². The zero-order chi connectivity index (χ0) is 19.2. The van der Waals surface area contributed by atoms with Crippen molar-refractivity contribution in [3.8, 4) is 17.2 Å². The number of ether oxygens (including phenoxy) is 3. The molecule has 7 heteroatoms. The third-order valence-electron chi connectivity index (χ3n) is 4.62. The predicted octanol–water partition coefficient (Wildman–Crippen LogP) is 3.35. The summed E-state index contributed by atoms with van der Waals surface area (Å²) < 4.78 is 16.0. The second-order valence-electron chi connectivity index (χ2n) is 6.29. The van der Waals surface area contributed by atoms with Crippen molar-refractivity contribution in [2.24, 2.45) is 0 Å². The summed E-state index contributed by atoms with van der Waals surface area (Å²) in [4.78, 5) is 19.6. The number of piperidine rings is 1. The molecule has 144 valence electrons. The number of hydrogen-bond acceptors (Lipinski definition) is 6. The quantitative estimate of drug-likeness (QED) is 0.840. The Balaban J connectivity index is 1.88. The van der Waals surface area contributed by atoms with Crippen LogP contribution in [0, 0.1) is 0 Å². The lowest BCUT2D eigenvalue weighted by atomic mass is 10.1. The van der Waals surface area contributed by atoms with Gasteiger partial charge in [-0.2, -0.15) is 0 Å². The molecule has 1 aliphatic heterocycles. The van der Waals surface area contributed by atoms with E-state index in [9.17, 15) is 4.79 Å². The standard InChI is InChI=1S/C20H25N3O4/c1-25-16-12-14(13-17(26-2)18(16)27-3)20(24)22-15-8-7-9-21-19(15)23-10-5-4-6-11-23/h7-9,12-13H,4-6,10-11H2,1-3H3,(H,22,24). The monoisotopic (exact) mass is 371 g/mol. The largest absolute Gasteiger partial charge is 0.493 e. The molecule has 0 radical (unpaired) electrons. The van der Waals surface area contributed by atoms with Crippen LogP contribution in [0.3, 0.4) is 0 Å². The summed E-state index contributed by atoms with van der Waals surface area (Å²) in [6.07, 6.45) is 5.25. The minimum absolute atomic E-state index is 0.263. The van der Waals surface area contributed by atoms with E-state index in [2.05, 4.69) is 15.2 Å². The highest BCUT2D eigenvalue weighted by Gasteiger charge is 2.20. The Bertz CT molecular complexity index is 779. The number of carbonyl (C=O) groups is 1. The van der Waals surface area contributed by atoms with Crippen LogP contribution >= 0.6 is 0 Å². The molecule has 1 amide bonds. The fourth-order valence-corrected chi connectivity index (χ4v) is 3.26. The maximum Gasteiger partial charge on any atom is 0.256 e. The lowest BCUT2D eigenvalue weighted by molar-refractivity contribution is 0.102. The van der Waals surface area contributed by atoms with Crippen molar-refractivity contribution in [2.75, 3.05) is 44.6 Å². The van der Waals surface area contributed by atoms with E-state index < -0.39 is 0 Å². The van der Waals surface area contributed by atoms with Crippen LogP contribution in [0.4, 0.5) is 11.5 Å². The van der Waals surface area contributed by atoms with Crippen molar-refractivity contribution in [1.29, 1.82) is 0 Å². The van der Waals surface area contributed by atoms with E-state index in [1.807, 2.05) is 12.1 Å². The van der Waals surface area contributed by atoms with Crippen molar-refractivity contribution in [1.82, 2.24) is 4.98 Å². The maximum absolute atomic E-state index is 12.9. The van der Waals surface area contributed by atoms with Crippen molar-refractivity contribution >= 4 is 17.4 Å². The highest BCUT2D eigenvalue weighted by atomic mass is 16.5. The number of nitrogens with one attached hydrogen (secondary N) is 1. The molecular weight excluding hydrogens is 346 g/mol. The Morgan fingerprint density at radius 2 is 1.70 bits per heavy atom. The minimum Gasteiger partial charge on any atom is -0.493 e. The summed E-state index contributed by atoms with van der Waals surface area (Å²) in [6, 6.07) is 6.95. The Morgan fingerprint density at radius 3 is 2.30 bits per heavy atom. The van der Waals surface area contributed by atoms with Crippen molar-refractivity contribution in [3.63, 3.8) is 0 Å². The fraction of sp³-hybridized carbons (Fsp3) is 0.400. The van der Waals surface area contributed by atoms with Gasteiger partial charge in [0.15, 0.2) is 17.3 Å². The summed E-state index contributed by atoms with van der Waals surface area (Å²) >= 11 is 0. The van der Waals surface area contributed by atoms with Gasteiger partial charge in [-0.05, 0) is 43.5 Å². The number of anilines is 2. The molecule has 2 heterocycles. The van der Waals surface area contributed by atoms with E-state index in [-0.39, 0.29) is 5.91 Å². The minimum atomic E-state index is -0.263. The first-order chi connectivity index (χ1) is 13.2. The van der Waals surface area contributed by atoms with Gasteiger partial charge >= 0.3 is 0 Å². The molecule has 2 aromatic rings. The molecule has 0 saturated carbocycles. The van der Waals surface area contributed by atoms with Gasteiger partial charge in [-0.3, -0.25) is 4.79 Å². The number of carbonyl (C=O) groups excluding carboxylic acids is 1. The molecule has 1 fully saturated rings. The number of pyridine rings is 1. The molecule has 7 nitrogen and oxygen atoms in total. The Morgan fingerprint density at radius 1 is 1.04 bits per heavy atom. The molecule has 0 spiro atoms. The van der Waals surface area contributed by atoms with Crippen molar-refractivity contribution < 1.29 is 19.0 Å². The number of aromatic nitrogens is 1. The molecule has 0 bridgehead atoms. The van der Waals surface area contributed by atoms with Crippen LogP contribution in [-0.2, 0) is 0 Å². The smallest absolute Gasteiger partial charge is 0.256 e. The average molecular weight is 371 g/mol. The molecule has 1 N–H and O–H groups in total. The third-order valence-corrected chi connectivity index (χ3v) is 4.62. The Labute approximate surface area is 159 Å². The summed E-state index contributed by atoms with van der Waals surface area (Å²) in [7, 11) is 4.57. The second-order valence-corrected chi connectivity index (χ2v) is 6.29. The molecule has 1 saturated heterocycles. The average Bonchev–Trinajstić information content (AvgIpc) is 2.73. The Hall–Kier alpha value is -2.96. The van der Waals surface area contributed by atoms with Gasteiger partial charge in [0, 0.05) is 24.8 Å². The van der Waals surface area contributed by atoms with Crippen LogP contribution in [0.5, 0.6) is 17.2 Å². The molecule has 1 aromatic carbocycles. The van der Waals surface area contributed by atoms with Gasteiger partial charge in [-0.15, -0.1) is 0 Å².